The van der Waals surface area contributed by atoms with E-state index in [4.69, 9.17) is 19.4 Å². The van der Waals surface area contributed by atoms with Crippen LogP contribution in [-0.2, 0) is 5.41 Å². The van der Waals surface area contributed by atoms with Gasteiger partial charge in [0.1, 0.15) is 11.2 Å². The van der Waals surface area contributed by atoms with Crippen molar-refractivity contribution in [2.24, 2.45) is 0 Å². The van der Waals surface area contributed by atoms with Gasteiger partial charge in [0.05, 0.1) is 11.0 Å². The zero-order valence-corrected chi connectivity index (χ0v) is 32.5. The molecule has 278 valence electrons. The zero-order valence-electron chi connectivity index (χ0n) is 32.5. The third-order valence-corrected chi connectivity index (χ3v) is 12.3. The SMILES string of the molecule is CC1(C)c2cc3oc4ccccc4c3cc2-c2cc3c4ccccc4n(-c4ccc(-c5ccc(-c6nc(-c7ccccc7)nc(-c7ccccc7)n6)cc5)cc4)c3cc21. The second-order valence-corrected chi connectivity index (χ2v) is 16.0. The van der Waals surface area contributed by atoms with Gasteiger partial charge in [0.15, 0.2) is 17.5 Å². The van der Waals surface area contributed by atoms with Gasteiger partial charge in [-0.2, -0.15) is 0 Å². The van der Waals surface area contributed by atoms with Gasteiger partial charge in [-0.3, -0.25) is 0 Å². The van der Waals surface area contributed by atoms with E-state index >= 15 is 0 Å². The second kappa shape index (κ2) is 12.7. The Hall–Kier alpha value is -7.63. The van der Waals surface area contributed by atoms with Crippen LogP contribution < -0.4 is 0 Å². The quantitative estimate of drug-likeness (QED) is 0.175. The third kappa shape index (κ3) is 5.21. The number of benzene rings is 8. The summed E-state index contributed by atoms with van der Waals surface area (Å²) >= 11 is 0. The summed E-state index contributed by atoms with van der Waals surface area (Å²) in [5, 5.41) is 4.82. The number of hydrogen-bond acceptors (Lipinski definition) is 4. The summed E-state index contributed by atoms with van der Waals surface area (Å²) in [6, 6.07) is 64.2. The lowest BCUT2D eigenvalue weighted by atomic mass is 9.82. The average Bonchev–Trinajstić information content (AvgIpc) is 3.90. The van der Waals surface area contributed by atoms with Crippen LogP contribution in [0.15, 0.2) is 186 Å². The fraction of sp³-hybridized carbons (Fsp3) is 0.0556. The normalized spacial score (nSPS) is 13.1. The Labute approximate surface area is 340 Å². The molecule has 59 heavy (non-hydrogen) atoms. The molecule has 0 radical (unpaired) electrons. The topological polar surface area (TPSA) is 56.7 Å². The van der Waals surface area contributed by atoms with E-state index in [-0.39, 0.29) is 5.41 Å². The molecule has 0 unspecified atom stereocenters. The van der Waals surface area contributed by atoms with Crippen molar-refractivity contribution in [3.63, 3.8) is 0 Å². The average molecular weight is 757 g/mol. The first-order valence-electron chi connectivity index (χ1n) is 20.1. The molecule has 12 rings (SSSR count). The molecule has 5 heteroatoms. The van der Waals surface area contributed by atoms with Crippen molar-refractivity contribution in [1.29, 1.82) is 0 Å². The van der Waals surface area contributed by atoms with Crippen LogP contribution in [-0.4, -0.2) is 19.5 Å². The van der Waals surface area contributed by atoms with Crippen LogP contribution in [0, 0.1) is 0 Å². The molecule has 1 aliphatic rings. The molecule has 0 fully saturated rings. The molecule has 3 aromatic heterocycles. The number of furan rings is 1. The van der Waals surface area contributed by atoms with E-state index in [0.717, 1.165) is 50.1 Å². The third-order valence-electron chi connectivity index (χ3n) is 12.3. The fourth-order valence-corrected chi connectivity index (χ4v) is 9.24. The Morgan fingerprint density at radius 1 is 0.390 bits per heavy atom. The summed E-state index contributed by atoms with van der Waals surface area (Å²) in [7, 11) is 0. The van der Waals surface area contributed by atoms with Crippen LogP contribution in [0.5, 0.6) is 0 Å². The molecule has 5 nitrogen and oxygen atoms in total. The van der Waals surface area contributed by atoms with E-state index in [1.165, 1.54) is 49.4 Å². The number of fused-ring (bicyclic) bond motifs is 9. The standard InChI is InChI=1S/C54H36N4O/c1-54(2)45-31-48-43(29-41(45)42-30-44-40-18-10-12-20-49(40)59-50(44)32-46(42)54)39-17-9-11-19-47(39)58(48)38-27-25-34(26-28-38)33-21-23-37(24-22-33)53-56-51(35-13-5-3-6-14-35)55-52(57-53)36-15-7-4-8-16-36/h3-32H,1-2H3. The first-order valence-corrected chi connectivity index (χ1v) is 20.1. The lowest BCUT2D eigenvalue weighted by Crippen LogP contribution is -2.15. The minimum Gasteiger partial charge on any atom is -0.456 e. The lowest BCUT2D eigenvalue weighted by molar-refractivity contribution is 0.647. The Balaban J connectivity index is 0.921. The predicted octanol–water partition coefficient (Wildman–Crippen LogP) is 13.8. The van der Waals surface area contributed by atoms with Gasteiger partial charge in [0.2, 0.25) is 0 Å². The molecule has 0 N–H and O–H groups in total. The van der Waals surface area contributed by atoms with Gasteiger partial charge >= 0.3 is 0 Å². The highest BCUT2D eigenvalue weighted by Crippen LogP contribution is 2.53. The van der Waals surface area contributed by atoms with Crippen LogP contribution >= 0.6 is 0 Å². The van der Waals surface area contributed by atoms with Crippen molar-refractivity contribution in [3.05, 3.63) is 193 Å². The minimum atomic E-state index is -0.198. The predicted molar refractivity (Wildman–Crippen MR) is 241 cm³/mol. The monoisotopic (exact) mass is 756 g/mol. The van der Waals surface area contributed by atoms with Crippen LogP contribution in [0.1, 0.15) is 25.0 Å². The molecule has 0 bridgehead atoms. The van der Waals surface area contributed by atoms with Crippen LogP contribution in [0.4, 0.5) is 0 Å². The highest BCUT2D eigenvalue weighted by molar-refractivity contribution is 6.13. The van der Waals surface area contributed by atoms with Gasteiger partial charge in [-0.15, -0.1) is 0 Å². The van der Waals surface area contributed by atoms with E-state index in [1.807, 2.05) is 66.7 Å². The van der Waals surface area contributed by atoms with Crippen molar-refractivity contribution in [2.45, 2.75) is 19.3 Å². The Morgan fingerprint density at radius 3 is 1.53 bits per heavy atom. The summed E-state index contributed by atoms with van der Waals surface area (Å²) in [5.74, 6) is 1.95. The number of nitrogens with zero attached hydrogens (tertiary/aromatic N) is 4. The first-order chi connectivity index (χ1) is 29.0. The largest absolute Gasteiger partial charge is 0.456 e. The van der Waals surface area contributed by atoms with Gasteiger partial charge in [-0.1, -0.05) is 147 Å². The molecule has 0 spiro atoms. The second-order valence-electron chi connectivity index (χ2n) is 16.0. The maximum atomic E-state index is 6.36. The Bertz CT molecular complexity index is 3380. The number of aromatic nitrogens is 4. The molecule has 0 atom stereocenters. The highest BCUT2D eigenvalue weighted by Gasteiger charge is 2.37. The summed E-state index contributed by atoms with van der Waals surface area (Å²) in [4.78, 5) is 14.7. The Kier molecular flexibility index (Phi) is 7.20. The lowest BCUT2D eigenvalue weighted by Gasteiger charge is -2.21. The molecule has 8 aromatic carbocycles. The van der Waals surface area contributed by atoms with Gasteiger partial charge < -0.3 is 8.98 Å². The van der Waals surface area contributed by atoms with Crippen molar-refractivity contribution < 1.29 is 4.42 Å². The van der Waals surface area contributed by atoms with E-state index in [2.05, 4.69) is 134 Å². The number of rotatable bonds is 5. The zero-order chi connectivity index (χ0) is 39.2. The maximum Gasteiger partial charge on any atom is 0.164 e. The van der Waals surface area contributed by atoms with Gasteiger partial charge in [-0.05, 0) is 81.9 Å². The summed E-state index contributed by atoms with van der Waals surface area (Å²) in [6.07, 6.45) is 0. The van der Waals surface area contributed by atoms with Crippen molar-refractivity contribution in [3.8, 4) is 62.1 Å². The summed E-state index contributed by atoms with van der Waals surface area (Å²) in [6.45, 7) is 4.69. The molecular weight excluding hydrogens is 721 g/mol. The maximum absolute atomic E-state index is 6.36. The molecular formula is C54H36N4O. The highest BCUT2D eigenvalue weighted by atomic mass is 16.3. The van der Waals surface area contributed by atoms with Crippen molar-refractivity contribution >= 4 is 43.7 Å². The van der Waals surface area contributed by atoms with Crippen LogP contribution in [0.25, 0.3) is 106 Å². The number of hydrogen-bond donors (Lipinski definition) is 0. The molecule has 1 aliphatic carbocycles. The minimum absolute atomic E-state index is 0.198. The molecule has 3 heterocycles. The first kappa shape index (κ1) is 33.5. The molecule has 11 aromatic rings. The molecule has 0 amide bonds. The fourth-order valence-electron chi connectivity index (χ4n) is 9.24. The molecule has 0 saturated carbocycles. The van der Waals surface area contributed by atoms with Crippen LogP contribution in [0.2, 0.25) is 0 Å². The van der Waals surface area contributed by atoms with E-state index < -0.39 is 0 Å². The van der Waals surface area contributed by atoms with Gasteiger partial charge in [0.25, 0.3) is 0 Å². The van der Waals surface area contributed by atoms with Gasteiger partial charge in [-0.25, -0.2) is 15.0 Å². The Morgan fingerprint density at radius 2 is 0.881 bits per heavy atom. The number of para-hydroxylation sites is 2. The van der Waals surface area contributed by atoms with E-state index in [0.29, 0.717) is 17.5 Å². The molecule has 0 aliphatic heterocycles. The smallest absolute Gasteiger partial charge is 0.164 e. The van der Waals surface area contributed by atoms with E-state index in [9.17, 15) is 0 Å². The molecule has 0 saturated heterocycles. The van der Waals surface area contributed by atoms with Crippen LogP contribution in [0.3, 0.4) is 0 Å². The summed E-state index contributed by atoms with van der Waals surface area (Å²) < 4.78 is 8.78. The van der Waals surface area contributed by atoms with Crippen molar-refractivity contribution in [2.75, 3.05) is 0 Å². The van der Waals surface area contributed by atoms with Crippen molar-refractivity contribution in [1.82, 2.24) is 19.5 Å². The van der Waals surface area contributed by atoms with Gasteiger partial charge in [0, 0.05) is 49.3 Å². The summed E-state index contributed by atoms with van der Waals surface area (Å²) in [5.41, 5.74) is 15.6. The van der Waals surface area contributed by atoms with E-state index in [1.54, 1.807) is 0 Å².